The van der Waals surface area contributed by atoms with Crippen LogP contribution in [0, 0.1) is 14.8 Å². The second-order valence-electron chi connectivity index (χ2n) is 5.34. The van der Waals surface area contributed by atoms with Crippen molar-refractivity contribution >= 4 is 20.6 Å². The van der Waals surface area contributed by atoms with E-state index in [1.165, 1.54) is 0 Å². The Morgan fingerprint density at radius 1 is 1.17 bits per heavy atom. The van der Waals surface area contributed by atoms with E-state index in [1.807, 2.05) is 25.1 Å². The molecule has 1 aliphatic carbocycles. The average Bonchev–Trinajstić information content (AvgIpc) is 2.72. The number of aryl methyl sites for hydroxylation is 1. The van der Waals surface area contributed by atoms with Gasteiger partial charge in [0.2, 0.25) is 14.8 Å². The third-order valence-electron chi connectivity index (χ3n) is 3.97. The maximum atomic E-state index is 13.4. The summed E-state index contributed by atoms with van der Waals surface area (Å²) < 4.78 is 66.1. The fourth-order valence-corrected chi connectivity index (χ4v) is 4.83. The van der Waals surface area contributed by atoms with Crippen molar-refractivity contribution in [2.45, 2.75) is 44.0 Å². The van der Waals surface area contributed by atoms with Crippen LogP contribution in [0.2, 0.25) is 0 Å². The van der Waals surface area contributed by atoms with E-state index in [2.05, 4.69) is 0 Å². The van der Waals surface area contributed by atoms with E-state index in [9.17, 15) is 13.2 Å². The molecule has 1 atom stereocenters. The molecular weight excluding hydrogens is 397 g/mol. The molecule has 1 saturated carbocycles. The van der Waals surface area contributed by atoms with Gasteiger partial charge < -0.3 is 12.6 Å². The molecule has 0 saturated heterocycles. The molecule has 0 amide bonds. The van der Waals surface area contributed by atoms with Crippen LogP contribution in [0.25, 0.3) is 10.1 Å². The number of rotatable bonds is 2. The first-order valence-electron chi connectivity index (χ1n) is 7.12. The van der Waals surface area contributed by atoms with Gasteiger partial charge in [0.15, 0.2) is 9.58 Å². The molecule has 1 aliphatic rings. The normalized spacial score (nSPS) is 16.3. The van der Waals surface area contributed by atoms with Gasteiger partial charge >= 0.3 is 5.51 Å². The maximum Gasteiger partial charge on any atom is 0.600 e. The van der Waals surface area contributed by atoms with Gasteiger partial charge in [0.1, 0.15) is 0 Å². The van der Waals surface area contributed by atoms with Gasteiger partial charge in [-0.2, -0.15) is 0 Å². The standard InChI is InChI=1S/C15H16F3S.BrO3/c1-2-10-6-7-13-12(8-10)9-14(11-4-3-5-11)19(13)15(16,17)18;2-1(3)4/h6-9,11H,2-5H2,1H3;/q+1;-1. The highest BCUT2D eigenvalue weighted by Gasteiger charge is 2.50. The number of benzene rings is 1. The van der Waals surface area contributed by atoms with Crippen molar-refractivity contribution in [1.82, 2.24) is 0 Å². The van der Waals surface area contributed by atoms with E-state index >= 15 is 0 Å². The molecule has 8 heteroatoms. The lowest BCUT2D eigenvalue weighted by Gasteiger charge is -2.21. The zero-order valence-electron chi connectivity index (χ0n) is 12.4. The number of hydrogen-bond donors (Lipinski definition) is 0. The number of hydrogen-bond acceptors (Lipinski definition) is 3. The molecule has 1 heterocycles. The van der Waals surface area contributed by atoms with Crippen molar-refractivity contribution in [3.63, 3.8) is 0 Å². The van der Waals surface area contributed by atoms with E-state index in [0.717, 1.165) is 36.6 Å². The zero-order chi connectivity index (χ0) is 17.2. The molecule has 1 fully saturated rings. The van der Waals surface area contributed by atoms with Crippen LogP contribution >= 0.6 is 10.5 Å². The molecule has 0 N–H and O–H groups in total. The smallest absolute Gasteiger partial charge is 0.405 e. The van der Waals surface area contributed by atoms with Crippen molar-refractivity contribution in [2.24, 2.45) is 0 Å². The van der Waals surface area contributed by atoms with E-state index in [-0.39, 0.29) is 5.92 Å². The Kier molecular flexibility index (Phi) is 6.07. The minimum atomic E-state index is -4.14. The fraction of sp³-hybridized carbons (Fsp3) is 0.467. The molecule has 1 aromatic carbocycles. The van der Waals surface area contributed by atoms with Crippen molar-refractivity contribution in [3.05, 3.63) is 34.7 Å². The van der Waals surface area contributed by atoms with E-state index in [1.54, 1.807) is 6.07 Å². The summed E-state index contributed by atoms with van der Waals surface area (Å²) in [6, 6.07) is 7.26. The van der Waals surface area contributed by atoms with Crippen LogP contribution in [-0.2, 0) is 11.9 Å². The molecule has 23 heavy (non-hydrogen) atoms. The summed E-state index contributed by atoms with van der Waals surface area (Å²) in [5, 5.41) is 0.793. The first kappa shape index (κ1) is 18.7. The van der Waals surface area contributed by atoms with Crippen LogP contribution in [0.4, 0.5) is 13.2 Å². The zero-order valence-corrected chi connectivity index (χ0v) is 14.8. The lowest BCUT2D eigenvalue weighted by atomic mass is 9.84. The lowest BCUT2D eigenvalue weighted by Crippen LogP contribution is -2.42. The number of halogens is 4. The highest BCUT2D eigenvalue weighted by molar-refractivity contribution is 7.38. The molecule has 0 aliphatic heterocycles. The topological polar surface area (TPSA) is 69.2 Å². The Balaban J connectivity index is 0.000000433. The Hall–Kier alpha value is -0.670. The molecule has 0 radical (unpaired) electrons. The Bertz CT molecular complexity index is 663. The first-order chi connectivity index (χ1) is 10.7. The minimum absolute atomic E-state index is 0.155. The predicted molar refractivity (Wildman–Crippen MR) is 73.7 cm³/mol. The molecule has 0 bridgehead atoms. The van der Waals surface area contributed by atoms with Crippen LogP contribution < -0.4 is 12.6 Å². The van der Waals surface area contributed by atoms with Gasteiger partial charge in [-0.05, 0) is 37.0 Å². The summed E-state index contributed by atoms with van der Waals surface area (Å²) in [5.74, 6) is 0.155. The van der Waals surface area contributed by atoms with Crippen LogP contribution in [0.5, 0.6) is 0 Å². The van der Waals surface area contributed by atoms with Gasteiger partial charge in [-0.1, -0.05) is 19.4 Å². The van der Waals surface area contributed by atoms with Gasteiger partial charge in [0.05, 0.1) is 10.5 Å². The largest absolute Gasteiger partial charge is 0.600 e. The van der Waals surface area contributed by atoms with Gasteiger partial charge in [0.25, 0.3) is 0 Å². The molecule has 0 spiro atoms. The molecule has 3 nitrogen and oxygen atoms in total. The number of thiophene rings is 1. The van der Waals surface area contributed by atoms with Crippen molar-refractivity contribution in [3.8, 4) is 0 Å². The molecule has 3 rings (SSSR count). The van der Waals surface area contributed by atoms with Crippen molar-refractivity contribution in [2.75, 3.05) is 0 Å². The van der Waals surface area contributed by atoms with Crippen molar-refractivity contribution < 1.29 is 40.6 Å². The Morgan fingerprint density at radius 3 is 2.22 bits per heavy atom. The lowest BCUT2D eigenvalue weighted by molar-refractivity contribution is -1.73. The first-order valence-corrected chi connectivity index (χ1v) is 10.3. The summed E-state index contributed by atoms with van der Waals surface area (Å²) >= 11 is -3.65. The summed E-state index contributed by atoms with van der Waals surface area (Å²) in [6.07, 6.45) is 3.76. The number of alkyl halides is 3. The van der Waals surface area contributed by atoms with Crippen LogP contribution in [0.3, 0.4) is 0 Å². The highest BCUT2D eigenvalue weighted by atomic mass is 80.0. The molecule has 1 unspecified atom stereocenters. The van der Waals surface area contributed by atoms with E-state index in [0.29, 0.717) is 9.58 Å². The SMILES string of the molecule is CCc1ccc2c(c1)cc(C1CCC1)[s+]2C(F)(F)F.[O-][Br+2]([O-])[O-]. The van der Waals surface area contributed by atoms with Gasteiger partial charge in [-0.3, -0.25) is 0 Å². The Morgan fingerprint density at radius 2 is 1.78 bits per heavy atom. The van der Waals surface area contributed by atoms with Gasteiger partial charge in [0, 0.05) is 17.4 Å². The van der Waals surface area contributed by atoms with E-state index in [4.69, 9.17) is 12.6 Å². The number of fused-ring (bicyclic) bond motifs is 1. The Labute approximate surface area is 140 Å². The fourth-order valence-electron chi connectivity index (χ4n) is 2.69. The van der Waals surface area contributed by atoms with Crippen LogP contribution in [0.15, 0.2) is 24.3 Å². The summed E-state index contributed by atoms with van der Waals surface area (Å²) in [5.41, 5.74) is -3.03. The average molecular weight is 413 g/mol. The van der Waals surface area contributed by atoms with Gasteiger partial charge in [-0.25, -0.2) is 0 Å². The molecule has 2 aromatic rings. The second kappa shape index (κ2) is 7.48. The molecule has 1 aromatic heterocycles. The molecular formula is C15H16BrF3O3S. The summed E-state index contributed by atoms with van der Waals surface area (Å²) in [7, 11) is -1.69. The van der Waals surface area contributed by atoms with Crippen LogP contribution in [-0.4, -0.2) is 0 Å². The highest BCUT2D eigenvalue weighted by Crippen LogP contribution is 2.56. The maximum absolute atomic E-state index is 13.4. The minimum Gasteiger partial charge on any atom is -0.405 e. The van der Waals surface area contributed by atoms with Crippen molar-refractivity contribution in [1.29, 1.82) is 0 Å². The predicted octanol–water partition coefficient (Wildman–Crippen LogP) is 2.33. The van der Waals surface area contributed by atoms with Gasteiger partial charge in [-0.15, -0.1) is 13.2 Å². The van der Waals surface area contributed by atoms with Crippen LogP contribution in [0.1, 0.15) is 42.5 Å². The summed E-state index contributed by atoms with van der Waals surface area (Å²) in [6.45, 7) is 2.02. The second-order valence-corrected chi connectivity index (χ2v) is 8.12. The van der Waals surface area contributed by atoms with E-state index < -0.39 is 30.8 Å². The summed E-state index contributed by atoms with van der Waals surface area (Å²) in [4.78, 5) is 0.627. The monoisotopic (exact) mass is 412 g/mol. The molecule has 128 valence electrons. The quantitative estimate of drug-likeness (QED) is 0.710. The third kappa shape index (κ3) is 4.45. The third-order valence-corrected chi connectivity index (χ3v) is 6.17.